The molecule has 3 rings (SSSR count). The van der Waals surface area contributed by atoms with Gasteiger partial charge in [0.05, 0.1) is 18.6 Å². The van der Waals surface area contributed by atoms with Gasteiger partial charge in [-0.15, -0.1) is 0 Å². The molecular weight excluding hydrogens is 332 g/mol. The number of nitrogens with one attached hydrogen (secondary N) is 2. The van der Waals surface area contributed by atoms with E-state index in [-0.39, 0.29) is 18.2 Å². The van der Waals surface area contributed by atoms with Gasteiger partial charge >= 0.3 is 0 Å². The van der Waals surface area contributed by atoms with Crippen LogP contribution in [0.15, 0.2) is 42.6 Å². The van der Waals surface area contributed by atoms with E-state index in [4.69, 9.17) is 10.00 Å². The van der Waals surface area contributed by atoms with Crippen molar-refractivity contribution < 1.29 is 14.3 Å². The Bertz CT molecular complexity index is 860. The molecule has 0 saturated carbocycles. The fourth-order valence-electron chi connectivity index (χ4n) is 2.78. The molecule has 0 bridgehead atoms. The Labute approximate surface area is 151 Å². The first kappa shape index (κ1) is 17.4. The number of unbranched alkanes of at least 4 members (excludes halogenated alkanes) is 1. The zero-order valence-electron chi connectivity index (χ0n) is 14.1. The van der Waals surface area contributed by atoms with Crippen LogP contribution in [0.4, 0.5) is 11.5 Å². The van der Waals surface area contributed by atoms with Crippen molar-refractivity contribution in [1.29, 1.82) is 5.26 Å². The third kappa shape index (κ3) is 3.98. The summed E-state index contributed by atoms with van der Waals surface area (Å²) in [5, 5.41) is 14.1. The Kier molecular flexibility index (Phi) is 5.44. The molecule has 1 atom stereocenters. The topological polar surface area (TPSA) is 104 Å². The minimum absolute atomic E-state index is 0.0774. The molecule has 2 N–H and O–H groups in total. The van der Waals surface area contributed by atoms with Crippen molar-refractivity contribution in [2.24, 2.45) is 0 Å². The van der Waals surface area contributed by atoms with E-state index in [1.54, 1.807) is 24.4 Å². The smallest absolute Gasteiger partial charge is 0.233 e. The van der Waals surface area contributed by atoms with E-state index >= 15 is 0 Å². The Morgan fingerprint density at radius 3 is 3.04 bits per heavy atom. The van der Waals surface area contributed by atoms with Gasteiger partial charge in [-0.1, -0.05) is 18.2 Å². The van der Waals surface area contributed by atoms with E-state index in [2.05, 4.69) is 21.7 Å². The first-order valence-corrected chi connectivity index (χ1v) is 8.33. The Morgan fingerprint density at radius 1 is 1.35 bits per heavy atom. The van der Waals surface area contributed by atoms with Gasteiger partial charge < -0.3 is 15.4 Å². The number of benzene rings is 1. The molecule has 2 heterocycles. The van der Waals surface area contributed by atoms with Gasteiger partial charge in [0.15, 0.2) is 11.6 Å². The van der Waals surface area contributed by atoms with Gasteiger partial charge in [-0.05, 0) is 30.2 Å². The van der Waals surface area contributed by atoms with E-state index in [1.807, 2.05) is 18.2 Å². The van der Waals surface area contributed by atoms with Crippen molar-refractivity contribution in [1.82, 2.24) is 4.98 Å². The molecule has 0 fully saturated rings. The predicted octanol–water partition coefficient (Wildman–Crippen LogP) is 2.83. The number of aromatic nitrogens is 1. The third-order valence-electron chi connectivity index (χ3n) is 4.02. The Morgan fingerprint density at radius 2 is 2.19 bits per heavy atom. The summed E-state index contributed by atoms with van der Waals surface area (Å²) in [5.41, 5.74) is 1.43. The lowest BCUT2D eigenvalue weighted by Crippen LogP contribution is -2.31. The lowest BCUT2D eigenvalue weighted by molar-refractivity contribution is -0.123. The fourth-order valence-corrected chi connectivity index (χ4v) is 2.78. The number of para-hydroxylation sites is 1. The molecule has 1 aliphatic heterocycles. The summed E-state index contributed by atoms with van der Waals surface area (Å²) in [7, 11) is 0. The lowest BCUT2D eigenvalue weighted by atomic mass is 9.90. The minimum Gasteiger partial charge on any atom is -0.490 e. The maximum Gasteiger partial charge on any atom is 0.233 e. The number of nitriles is 1. The number of amides is 2. The van der Waals surface area contributed by atoms with Crippen molar-refractivity contribution in [2.45, 2.75) is 25.2 Å². The van der Waals surface area contributed by atoms with E-state index in [0.29, 0.717) is 36.7 Å². The highest BCUT2D eigenvalue weighted by Gasteiger charge is 2.31. The fraction of sp³-hybridized carbons (Fsp3) is 0.263. The molecule has 0 aliphatic carbocycles. The molecule has 0 spiro atoms. The number of nitrogens with zero attached hydrogens (tertiary/aromatic N) is 2. The molecule has 1 aromatic carbocycles. The van der Waals surface area contributed by atoms with Crippen molar-refractivity contribution in [2.75, 3.05) is 17.2 Å². The van der Waals surface area contributed by atoms with Crippen LogP contribution in [-0.4, -0.2) is 23.4 Å². The van der Waals surface area contributed by atoms with Gasteiger partial charge in [0.1, 0.15) is 0 Å². The molecule has 132 valence electrons. The van der Waals surface area contributed by atoms with Crippen molar-refractivity contribution in [3.8, 4) is 11.8 Å². The predicted molar refractivity (Wildman–Crippen MR) is 95.6 cm³/mol. The Hall–Kier alpha value is -3.40. The molecular formula is C19H18N4O3. The van der Waals surface area contributed by atoms with E-state index in [0.717, 1.165) is 5.56 Å². The highest BCUT2D eigenvalue weighted by atomic mass is 16.5. The zero-order valence-corrected chi connectivity index (χ0v) is 14.1. The van der Waals surface area contributed by atoms with Crippen molar-refractivity contribution in [3.05, 3.63) is 48.2 Å². The average molecular weight is 350 g/mol. The highest BCUT2D eigenvalue weighted by molar-refractivity contribution is 6.05. The Balaban J connectivity index is 1.75. The van der Waals surface area contributed by atoms with Crippen LogP contribution in [0.25, 0.3) is 0 Å². The molecule has 0 saturated heterocycles. The van der Waals surface area contributed by atoms with Gasteiger partial charge in [-0.25, -0.2) is 4.98 Å². The van der Waals surface area contributed by atoms with Crippen LogP contribution in [0.5, 0.6) is 5.75 Å². The van der Waals surface area contributed by atoms with Crippen LogP contribution in [0.2, 0.25) is 0 Å². The first-order valence-electron chi connectivity index (χ1n) is 8.33. The summed E-state index contributed by atoms with van der Waals surface area (Å²) < 4.78 is 5.61. The van der Waals surface area contributed by atoms with Crippen LogP contribution in [0, 0.1) is 11.3 Å². The molecule has 26 heavy (non-hydrogen) atoms. The van der Waals surface area contributed by atoms with Gasteiger partial charge in [0, 0.05) is 24.7 Å². The number of anilines is 2. The molecule has 1 aliphatic rings. The van der Waals surface area contributed by atoms with Crippen LogP contribution < -0.4 is 15.4 Å². The standard InChI is InChI=1S/C19H18N4O3/c20-9-3-4-11-26-16-8-5-10-21-18(16)23-19(25)14-12-17(24)22-15-7-2-1-6-13(14)15/h1-2,5-8,10,14H,3-4,11-12H2,(H,22,24)(H,21,23,25). The van der Waals surface area contributed by atoms with Crippen molar-refractivity contribution in [3.63, 3.8) is 0 Å². The summed E-state index contributed by atoms with van der Waals surface area (Å²) in [6, 6.07) is 12.7. The molecule has 1 unspecified atom stereocenters. The van der Waals surface area contributed by atoms with Gasteiger partial charge in [-0.2, -0.15) is 5.26 Å². The van der Waals surface area contributed by atoms with Gasteiger partial charge in [0.2, 0.25) is 11.8 Å². The molecule has 0 radical (unpaired) electrons. The maximum atomic E-state index is 12.8. The third-order valence-corrected chi connectivity index (χ3v) is 4.02. The number of hydrogen-bond acceptors (Lipinski definition) is 5. The number of fused-ring (bicyclic) bond motifs is 1. The second kappa shape index (κ2) is 8.12. The summed E-state index contributed by atoms with van der Waals surface area (Å²) >= 11 is 0. The molecule has 1 aromatic heterocycles. The number of ether oxygens (including phenoxy) is 1. The van der Waals surface area contributed by atoms with Crippen molar-refractivity contribution >= 4 is 23.3 Å². The SMILES string of the molecule is N#CCCCOc1cccnc1NC(=O)C1CC(=O)Nc2ccccc21. The average Bonchev–Trinajstić information content (AvgIpc) is 2.65. The molecule has 2 aromatic rings. The number of carbonyl (C=O) groups is 2. The number of carbonyl (C=O) groups excluding carboxylic acids is 2. The summed E-state index contributed by atoms with van der Waals surface area (Å²) in [6.45, 7) is 0.358. The lowest BCUT2D eigenvalue weighted by Gasteiger charge is -2.24. The van der Waals surface area contributed by atoms with Crippen LogP contribution in [-0.2, 0) is 9.59 Å². The first-order chi connectivity index (χ1) is 12.7. The van der Waals surface area contributed by atoms with E-state index < -0.39 is 5.92 Å². The summed E-state index contributed by atoms with van der Waals surface area (Å²) in [5.74, 6) is -0.357. The number of hydrogen-bond donors (Lipinski definition) is 2. The van der Waals surface area contributed by atoms with Gasteiger partial charge in [0.25, 0.3) is 0 Å². The second-order valence-electron chi connectivity index (χ2n) is 5.84. The second-order valence-corrected chi connectivity index (χ2v) is 5.84. The maximum absolute atomic E-state index is 12.8. The molecule has 7 heteroatoms. The largest absolute Gasteiger partial charge is 0.490 e. The number of rotatable bonds is 6. The minimum atomic E-state index is -0.589. The summed E-state index contributed by atoms with van der Waals surface area (Å²) in [4.78, 5) is 28.8. The zero-order chi connectivity index (χ0) is 18.4. The van der Waals surface area contributed by atoms with Gasteiger partial charge in [-0.3, -0.25) is 9.59 Å². The van der Waals surface area contributed by atoms with Crippen LogP contribution in [0.1, 0.15) is 30.7 Å². The quantitative estimate of drug-likeness (QED) is 0.780. The van der Waals surface area contributed by atoms with Crippen LogP contribution >= 0.6 is 0 Å². The monoisotopic (exact) mass is 350 g/mol. The van der Waals surface area contributed by atoms with E-state index in [1.165, 1.54) is 0 Å². The highest BCUT2D eigenvalue weighted by Crippen LogP contribution is 2.33. The van der Waals surface area contributed by atoms with E-state index in [9.17, 15) is 9.59 Å². The number of pyridine rings is 1. The molecule has 2 amide bonds. The normalized spacial score (nSPS) is 15.3. The summed E-state index contributed by atoms with van der Waals surface area (Å²) in [6.07, 6.45) is 2.62. The molecule has 7 nitrogen and oxygen atoms in total. The van der Waals surface area contributed by atoms with Crippen LogP contribution in [0.3, 0.4) is 0 Å².